The van der Waals surface area contributed by atoms with E-state index in [1.165, 1.54) is 10.6 Å². The van der Waals surface area contributed by atoms with E-state index < -0.39 is 10.0 Å². The van der Waals surface area contributed by atoms with Crippen LogP contribution in [0.3, 0.4) is 0 Å². The van der Waals surface area contributed by atoms with Gasteiger partial charge in [0.15, 0.2) is 0 Å². The number of halogens is 1. The average Bonchev–Trinajstić information content (AvgIpc) is 3.33. The van der Waals surface area contributed by atoms with Gasteiger partial charge in [-0.15, -0.1) is 12.4 Å². The molecule has 0 spiro atoms. The summed E-state index contributed by atoms with van der Waals surface area (Å²) in [4.78, 5) is 4.21. The van der Waals surface area contributed by atoms with Crippen LogP contribution < -0.4 is 5.73 Å². The highest BCUT2D eigenvalue weighted by Gasteiger charge is 2.38. The van der Waals surface area contributed by atoms with E-state index in [0.717, 1.165) is 5.56 Å². The van der Waals surface area contributed by atoms with Crippen LogP contribution in [0.15, 0.2) is 72.1 Å². The summed E-state index contributed by atoms with van der Waals surface area (Å²) in [7, 11) is -3.65. The summed E-state index contributed by atoms with van der Waals surface area (Å²) in [5, 5.41) is 4.07. The van der Waals surface area contributed by atoms with E-state index in [-0.39, 0.29) is 24.4 Å². The number of nitrogens with two attached hydrogens (primary N) is 1. The molecule has 9 heteroatoms. The second-order valence-electron chi connectivity index (χ2n) is 6.70. The molecule has 28 heavy (non-hydrogen) atoms. The zero-order valence-corrected chi connectivity index (χ0v) is 16.8. The highest BCUT2D eigenvalue weighted by molar-refractivity contribution is 7.89. The molecule has 2 aromatic carbocycles. The molecule has 0 bridgehead atoms. The molecule has 1 saturated heterocycles. The molecule has 2 heterocycles. The van der Waals surface area contributed by atoms with Crippen LogP contribution in [-0.4, -0.2) is 46.6 Å². The highest BCUT2D eigenvalue weighted by atomic mass is 35.5. The molecule has 1 aromatic heterocycles. The van der Waals surface area contributed by atoms with Gasteiger partial charge in [-0.3, -0.25) is 0 Å². The third-order valence-electron chi connectivity index (χ3n) is 4.95. The van der Waals surface area contributed by atoms with Crippen molar-refractivity contribution < 1.29 is 8.42 Å². The molecule has 1 aliphatic rings. The summed E-state index contributed by atoms with van der Waals surface area (Å²) in [6, 6.07) is 16.6. The zero-order chi connectivity index (χ0) is 18.9. The Morgan fingerprint density at radius 2 is 1.75 bits per heavy atom. The molecule has 1 fully saturated rings. The molecular weight excluding hydrogens is 398 g/mol. The molecule has 0 saturated carbocycles. The fraction of sp³-hybridized carbons (Fsp3) is 0.263. The van der Waals surface area contributed by atoms with Crippen molar-refractivity contribution in [3.63, 3.8) is 0 Å². The summed E-state index contributed by atoms with van der Waals surface area (Å²) in [5.74, 6) is -0.0107. The Morgan fingerprint density at radius 1 is 1.04 bits per heavy atom. The summed E-state index contributed by atoms with van der Waals surface area (Å²) in [6.07, 6.45) is 3.00. The van der Waals surface area contributed by atoms with Crippen molar-refractivity contribution >= 4 is 22.4 Å². The van der Waals surface area contributed by atoms with Crippen molar-refractivity contribution in [3.05, 3.63) is 78.4 Å². The lowest BCUT2D eigenvalue weighted by atomic mass is 9.95. The predicted molar refractivity (Wildman–Crippen MR) is 109 cm³/mol. The number of hydrogen-bond acceptors (Lipinski definition) is 5. The molecular formula is C19H22ClN5O2S. The van der Waals surface area contributed by atoms with Crippen molar-refractivity contribution in [1.29, 1.82) is 0 Å². The Morgan fingerprint density at radius 3 is 2.46 bits per heavy atom. The second kappa shape index (κ2) is 8.40. The molecule has 0 unspecified atom stereocenters. The van der Waals surface area contributed by atoms with Crippen molar-refractivity contribution in [1.82, 2.24) is 19.1 Å². The zero-order valence-electron chi connectivity index (χ0n) is 15.1. The van der Waals surface area contributed by atoms with Crippen LogP contribution in [0, 0.1) is 0 Å². The van der Waals surface area contributed by atoms with Crippen LogP contribution in [0.5, 0.6) is 0 Å². The lowest BCUT2D eigenvalue weighted by Crippen LogP contribution is -2.32. The molecule has 4 rings (SSSR count). The minimum atomic E-state index is -3.65. The van der Waals surface area contributed by atoms with Crippen LogP contribution in [0.2, 0.25) is 0 Å². The Balaban J connectivity index is 0.00000225. The molecule has 2 N–H and O–H groups in total. The fourth-order valence-corrected chi connectivity index (χ4v) is 5.27. The molecule has 2 atom stereocenters. The molecule has 1 aliphatic heterocycles. The number of sulfonamides is 1. The maximum absolute atomic E-state index is 13.3. The van der Waals surface area contributed by atoms with E-state index in [2.05, 4.69) is 10.1 Å². The van der Waals surface area contributed by atoms with Gasteiger partial charge in [-0.1, -0.05) is 48.5 Å². The predicted octanol–water partition coefficient (Wildman–Crippen LogP) is 1.86. The Hall–Kier alpha value is -2.26. The van der Waals surface area contributed by atoms with Gasteiger partial charge in [-0.05, 0) is 17.2 Å². The van der Waals surface area contributed by atoms with E-state index in [1.807, 2.05) is 36.4 Å². The first kappa shape index (κ1) is 20.5. The summed E-state index contributed by atoms with van der Waals surface area (Å²) < 4.78 is 29.8. The van der Waals surface area contributed by atoms with Crippen molar-refractivity contribution in [2.45, 2.75) is 23.4 Å². The topological polar surface area (TPSA) is 94.1 Å². The van der Waals surface area contributed by atoms with E-state index in [0.29, 0.717) is 30.1 Å². The van der Waals surface area contributed by atoms with E-state index in [1.54, 1.807) is 29.2 Å². The molecule has 0 radical (unpaired) electrons. The van der Waals surface area contributed by atoms with E-state index >= 15 is 0 Å². The third-order valence-corrected chi connectivity index (χ3v) is 6.88. The molecule has 0 aliphatic carbocycles. The largest absolute Gasteiger partial charge is 0.326 e. The van der Waals surface area contributed by atoms with Gasteiger partial charge in [0.2, 0.25) is 10.0 Å². The van der Waals surface area contributed by atoms with E-state index in [9.17, 15) is 8.42 Å². The van der Waals surface area contributed by atoms with Gasteiger partial charge < -0.3 is 5.73 Å². The van der Waals surface area contributed by atoms with Crippen molar-refractivity contribution in [3.8, 4) is 0 Å². The molecule has 148 valence electrons. The number of rotatable bonds is 5. The van der Waals surface area contributed by atoms with Crippen molar-refractivity contribution in [2.75, 3.05) is 13.1 Å². The minimum absolute atomic E-state index is 0. The van der Waals surface area contributed by atoms with Gasteiger partial charge in [-0.25, -0.2) is 18.1 Å². The van der Waals surface area contributed by atoms with Crippen LogP contribution in [0.25, 0.3) is 0 Å². The molecule has 7 nitrogen and oxygen atoms in total. The highest BCUT2D eigenvalue weighted by Crippen LogP contribution is 2.31. The number of hydrogen-bond donors (Lipinski definition) is 1. The van der Waals surface area contributed by atoms with Gasteiger partial charge >= 0.3 is 0 Å². The maximum atomic E-state index is 13.3. The van der Waals surface area contributed by atoms with Gasteiger partial charge in [0.05, 0.1) is 11.4 Å². The van der Waals surface area contributed by atoms with Gasteiger partial charge in [0.1, 0.15) is 12.7 Å². The maximum Gasteiger partial charge on any atom is 0.243 e. The first-order valence-electron chi connectivity index (χ1n) is 8.76. The summed E-state index contributed by atoms with van der Waals surface area (Å²) in [6.45, 7) is 1.03. The molecule has 3 aromatic rings. The van der Waals surface area contributed by atoms with E-state index in [4.69, 9.17) is 5.73 Å². The van der Waals surface area contributed by atoms with Gasteiger partial charge in [0, 0.05) is 25.0 Å². The quantitative estimate of drug-likeness (QED) is 0.681. The first-order chi connectivity index (χ1) is 13.1. The summed E-state index contributed by atoms with van der Waals surface area (Å²) in [5.41, 5.74) is 8.04. The van der Waals surface area contributed by atoms with Crippen LogP contribution in [0.4, 0.5) is 0 Å². The number of benzene rings is 2. The Bertz CT molecular complexity index is 1010. The Kier molecular flexibility index (Phi) is 6.14. The summed E-state index contributed by atoms with van der Waals surface area (Å²) >= 11 is 0. The van der Waals surface area contributed by atoms with Crippen LogP contribution in [-0.2, 0) is 16.6 Å². The monoisotopic (exact) mass is 419 g/mol. The standard InChI is InChI=1S/C19H21N5O2S.ClH/c20-18-12-24(11-17(18)15-6-2-1-3-7-15)27(25,26)19-9-5-4-8-16(19)10-23-14-21-13-22-23;/h1-9,13-14,17-18H,10-12,20H2;1H/t17-,18+;/m0./s1. The fourth-order valence-electron chi connectivity index (χ4n) is 3.55. The lowest BCUT2D eigenvalue weighted by molar-refractivity contribution is 0.468. The van der Waals surface area contributed by atoms with Crippen LogP contribution in [0.1, 0.15) is 17.0 Å². The Labute approximate surface area is 170 Å². The minimum Gasteiger partial charge on any atom is -0.326 e. The SMILES string of the molecule is Cl.N[C@@H]1CN(S(=O)(=O)c2ccccc2Cn2cncn2)C[C@H]1c1ccccc1. The van der Waals surface area contributed by atoms with Gasteiger partial charge in [-0.2, -0.15) is 9.40 Å². The average molecular weight is 420 g/mol. The van der Waals surface area contributed by atoms with Crippen LogP contribution >= 0.6 is 12.4 Å². The number of nitrogens with zero attached hydrogens (tertiary/aromatic N) is 4. The second-order valence-corrected chi connectivity index (χ2v) is 8.61. The molecule has 0 amide bonds. The normalized spacial score (nSPS) is 20.0. The van der Waals surface area contributed by atoms with Crippen molar-refractivity contribution in [2.24, 2.45) is 5.73 Å². The smallest absolute Gasteiger partial charge is 0.243 e. The first-order valence-corrected chi connectivity index (χ1v) is 10.2. The lowest BCUT2D eigenvalue weighted by Gasteiger charge is -2.19. The number of aromatic nitrogens is 3. The third kappa shape index (κ3) is 3.95. The van der Waals surface area contributed by atoms with Gasteiger partial charge in [0.25, 0.3) is 0 Å².